The molecule has 0 spiro atoms. The van der Waals surface area contributed by atoms with Gasteiger partial charge >= 0.3 is 0 Å². The number of hydrogen-bond acceptors (Lipinski definition) is 4. The molecule has 4 rings (SSSR count). The molecule has 0 aliphatic carbocycles. The molecule has 0 unspecified atom stereocenters. The molecule has 0 saturated carbocycles. The molecule has 2 heterocycles. The van der Waals surface area contributed by atoms with Crippen molar-refractivity contribution in [2.24, 2.45) is 0 Å². The SMILES string of the molecule is CC(=O)N[C@@H]1CCN(C(=O)c2ccc(-c3ccc4c(c3)N(C(C)C)C[C@H](C)N4C)cc2)C1. The van der Waals surface area contributed by atoms with Gasteiger partial charge in [-0.3, -0.25) is 9.59 Å². The van der Waals surface area contributed by atoms with Crippen LogP contribution in [0.3, 0.4) is 0 Å². The summed E-state index contributed by atoms with van der Waals surface area (Å²) in [4.78, 5) is 30.8. The molecule has 6 heteroatoms. The fourth-order valence-electron chi connectivity index (χ4n) is 4.80. The Morgan fingerprint density at radius 3 is 2.34 bits per heavy atom. The molecule has 2 atom stereocenters. The van der Waals surface area contributed by atoms with Gasteiger partial charge in [0, 0.05) is 57.3 Å². The number of likely N-dealkylation sites (tertiary alicyclic amines) is 1. The zero-order valence-corrected chi connectivity index (χ0v) is 19.8. The molecule has 0 aromatic heterocycles. The number of amides is 2. The standard InChI is InChI=1S/C26H34N4O2/c1-17(2)30-15-18(3)28(5)24-11-10-22(14-25(24)30)20-6-8-21(9-7-20)26(32)29-13-12-23(16-29)27-19(4)31/h6-11,14,17-18,23H,12-13,15-16H2,1-5H3,(H,27,31)/t18-,23+/m0/s1. The minimum atomic E-state index is -0.0459. The van der Waals surface area contributed by atoms with Crippen molar-refractivity contribution in [3.63, 3.8) is 0 Å². The van der Waals surface area contributed by atoms with Gasteiger partial charge in [0.2, 0.25) is 5.91 Å². The molecule has 2 aliphatic rings. The number of rotatable bonds is 4. The van der Waals surface area contributed by atoms with Gasteiger partial charge in [0.05, 0.1) is 11.4 Å². The van der Waals surface area contributed by atoms with Gasteiger partial charge in [0.15, 0.2) is 0 Å². The maximum atomic E-state index is 12.9. The Balaban J connectivity index is 1.53. The highest BCUT2D eigenvalue weighted by Gasteiger charge is 2.28. The highest BCUT2D eigenvalue weighted by atomic mass is 16.2. The maximum absolute atomic E-state index is 12.9. The lowest BCUT2D eigenvalue weighted by atomic mass is 9.99. The highest BCUT2D eigenvalue weighted by Crippen LogP contribution is 2.38. The molecule has 1 N–H and O–H groups in total. The van der Waals surface area contributed by atoms with Crippen molar-refractivity contribution in [3.05, 3.63) is 48.0 Å². The first-order chi connectivity index (χ1) is 15.2. The second-order valence-corrected chi connectivity index (χ2v) is 9.42. The van der Waals surface area contributed by atoms with E-state index in [2.05, 4.69) is 61.1 Å². The number of carbonyl (C=O) groups excluding carboxylic acids is 2. The summed E-state index contributed by atoms with van der Waals surface area (Å²) in [6.45, 7) is 10.5. The van der Waals surface area contributed by atoms with Crippen molar-refractivity contribution < 1.29 is 9.59 Å². The van der Waals surface area contributed by atoms with E-state index in [0.717, 1.165) is 24.1 Å². The molecule has 1 saturated heterocycles. The molecule has 32 heavy (non-hydrogen) atoms. The van der Waals surface area contributed by atoms with E-state index in [0.29, 0.717) is 30.7 Å². The third kappa shape index (κ3) is 4.31. The molecule has 2 aromatic carbocycles. The van der Waals surface area contributed by atoms with Gasteiger partial charge in [-0.15, -0.1) is 0 Å². The van der Waals surface area contributed by atoms with E-state index in [1.807, 2.05) is 29.2 Å². The van der Waals surface area contributed by atoms with E-state index in [-0.39, 0.29) is 17.9 Å². The first-order valence-corrected chi connectivity index (χ1v) is 11.5. The zero-order chi connectivity index (χ0) is 23.0. The molecular formula is C26H34N4O2. The number of carbonyl (C=O) groups is 2. The van der Waals surface area contributed by atoms with Crippen molar-refractivity contribution in [2.45, 2.75) is 52.2 Å². The lowest BCUT2D eigenvalue weighted by molar-refractivity contribution is -0.119. The zero-order valence-electron chi connectivity index (χ0n) is 19.8. The van der Waals surface area contributed by atoms with Crippen LogP contribution in [0, 0.1) is 0 Å². The van der Waals surface area contributed by atoms with Crippen LogP contribution in [0.25, 0.3) is 11.1 Å². The van der Waals surface area contributed by atoms with Crippen LogP contribution in [-0.4, -0.2) is 61.5 Å². The summed E-state index contributed by atoms with van der Waals surface area (Å²) in [6.07, 6.45) is 0.804. The van der Waals surface area contributed by atoms with Crippen molar-refractivity contribution in [1.82, 2.24) is 10.2 Å². The van der Waals surface area contributed by atoms with E-state index < -0.39 is 0 Å². The second kappa shape index (κ2) is 8.85. The van der Waals surface area contributed by atoms with E-state index in [1.54, 1.807) is 0 Å². The Labute approximate surface area is 191 Å². The van der Waals surface area contributed by atoms with E-state index >= 15 is 0 Å². The van der Waals surface area contributed by atoms with Crippen molar-refractivity contribution in [3.8, 4) is 11.1 Å². The fourth-order valence-corrected chi connectivity index (χ4v) is 4.80. The van der Waals surface area contributed by atoms with E-state index in [4.69, 9.17) is 0 Å². The number of benzene rings is 2. The van der Waals surface area contributed by atoms with Gasteiger partial charge in [-0.2, -0.15) is 0 Å². The van der Waals surface area contributed by atoms with Gasteiger partial charge < -0.3 is 20.0 Å². The number of hydrogen-bond donors (Lipinski definition) is 1. The average molecular weight is 435 g/mol. The number of likely N-dealkylation sites (N-methyl/N-ethyl adjacent to an activating group) is 1. The molecular weight excluding hydrogens is 400 g/mol. The van der Waals surface area contributed by atoms with Gasteiger partial charge in [-0.1, -0.05) is 18.2 Å². The van der Waals surface area contributed by atoms with Crippen LogP contribution in [0.2, 0.25) is 0 Å². The van der Waals surface area contributed by atoms with Gasteiger partial charge in [0.25, 0.3) is 5.91 Å². The first kappa shape index (κ1) is 22.2. The predicted octanol–water partition coefficient (Wildman–Crippen LogP) is 3.76. The van der Waals surface area contributed by atoms with Gasteiger partial charge in [-0.05, 0) is 62.6 Å². The van der Waals surface area contributed by atoms with Gasteiger partial charge in [-0.25, -0.2) is 0 Å². The Hall–Kier alpha value is -3.02. The van der Waals surface area contributed by atoms with Crippen LogP contribution < -0.4 is 15.1 Å². The first-order valence-electron chi connectivity index (χ1n) is 11.5. The van der Waals surface area contributed by atoms with Crippen molar-refractivity contribution >= 4 is 23.2 Å². The van der Waals surface area contributed by atoms with Crippen LogP contribution in [-0.2, 0) is 4.79 Å². The predicted molar refractivity (Wildman–Crippen MR) is 130 cm³/mol. The summed E-state index contributed by atoms with van der Waals surface area (Å²) >= 11 is 0. The summed E-state index contributed by atoms with van der Waals surface area (Å²) < 4.78 is 0. The number of fused-ring (bicyclic) bond motifs is 1. The topological polar surface area (TPSA) is 55.9 Å². The van der Waals surface area contributed by atoms with E-state index in [1.165, 1.54) is 18.3 Å². The third-order valence-corrected chi connectivity index (χ3v) is 6.76. The summed E-state index contributed by atoms with van der Waals surface area (Å²) in [7, 11) is 2.16. The number of nitrogens with one attached hydrogen (secondary N) is 1. The summed E-state index contributed by atoms with van der Waals surface area (Å²) in [5.41, 5.74) is 5.47. The smallest absolute Gasteiger partial charge is 0.253 e. The quantitative estimate of drug-likeness (QED) is 0.796. The molecule has 0 radical (unpaired) electrons. The molecule has 2 aliphatic heterocycles. The van der Waals surface area contributed by atoms with Gasteiger partial charge in [0.1, 0.15) is 0 Å². The molecule has 2 amide bonds. The minimum absolute atomic E-state index is 0.0245. The fraction of sp³-hybridized carbons (Fsp3) is 0.462. The van der Waals surface area contributed by atoms with Crippen LogP contribution in [0.4, 0.5) is 11.4 Å². The minimum Gasteiger partial charge on any atom is -0.368 e. The van der Waals surface area contributed by atoms with Crippen molar-refractivity contribution in [1.29, 1.82) is 0 Å². The Morgan fingerprint density at radius 2 is 1.69 bits per heavy atom. The summed E-state index contributed by atoms with van der Waals surface area (Å²) in [5.74, 6) is -0.0215. The maximum Gasteiger partial charge on any atom is 0.253 e. The van der Waals surface area contributed by atoms with Crippen LogP contribution in [0.15, 0.2) is 42.5 Å². The molecule has 1 fully saturated rings. The lowest BCUT2D eigenvalue weighted by Crippen LogP contribution is -2.48. The number of anilines is 2. The van der Waals surface area contributed by atoms with E-state index in [9.17, 15) is 9.59 Å². The number of nitrogens with zero attached hydrogens (tertiary/aromatic N) is 3. The Bertz CT molecular complexity index is 1000. The highest BCUT2D eigenvalue weighted by molar-refractivity contribution is 5.95. The van der Waals surface area contributed by atoms with Crippen molar-refractivity contribution in [2.75, 3.05) is 36.5 Å². The summed E-state index contributed by atoms with van der Waals surface area (Å²) in [6, 6.07) is 15.5. The lowest BCUT2D eigenvalue weighted by Gasteiger charge is -2.43. The molecule has 170 valence electrons. The average Bonchev–Trinajstić information content (AvgIpc) is 3.23. The molecule has 2 aromatic rings. The largest absolute Gasteiger partial charge is 0.368 e. The Morgan fingerprint density at radius 1 is 1.00 bits per heavy atom. The molecule has 6 nitrogen and oxygen atoms in total. The third-order valence-electron chi connectivity index (χ3n) is 6.76. The molecule has 0 bridgehead atoms. The normalized spacial score (nSPS) is 20.5. The van der Waals surface area contributed by atoms with Crippen LogP contribution >= 0.6 is 0 Å². The summed E-state index contributed by atoms with van der Waals surface area (Å²) in [5, 5.41) is 2.91. The Kier molecular flexibility index (Phi) is 6.13. The monoisotopic (exact) mass is 434 g/mol. The second-order valence-electron chi connectivity index (χ2n) is 9.42. The van der Waals surface area contributed by atoms with Crippen LogP contribution in [0.1, 0.15) is 44.5 Å². The van der Waals surface area contributed by atoms with Crippen LogP contribution in [0.5, 0.6) is 0 Å².